The predicted octanol–water partition coefficient (Wildman–Crippen LogP) is 4.24. The van der Waals surface area contributed by atoms with Gasteiger partial charge in [-0.05, 0) is 50.3 Å². The number of benzene rings is 1. The minimum Gasteiger partial charge on any atom is -0.384 e. The molecule has 0 spiro atoms. The molecule has 1 amide bonds. The van der Waals surface area contributed by atoms with Crippen LogP contribution in [0.4, 0.5) is 5.69 Å². The van der Waals surface area contributed by atoms with Crippen LogP contribution in [0.3, 0.4) is 0 Å². The summed E-state index contributed by atoms with van der Waals surface area (Å²) in [6.07, 6.45) is 5.16. The molecule has 0 aliphatic carbocycles. The summed E-state index contributed by atoms with van der Waals surface area (Å²) < 4.78 is 0. The highest BCUT2D eigenvalue weighted by molar-refractivity contribution is 6.30. The fraction of sp³-hybridized carbons (Fsp3) is 0.588. The fourth-order valence-electron chi connectivity index (χ4n) is 2.99. The number of amides is 1. The summed E-state index contributed by atoms with van der Waals surface area (Å²) in [5.74, 6) is 0.272. The zero-order chi connectivity index (χ0) is 15.2. The van der Waals surface area contributed by atoms with Crippen LogP contribution in [0.5, 0.6) is 0 Å². The molecule has 2 rings (SSSR count). The van der Waals surface area contributed by atoms with Gasteiger partial charge in [0.25, 0.3) is 0 Å². The van der Waals surface area contributed by atoms with Crippen LogP contribution in [0.25, 0.3) is 0 Å². The summed E-state index contributed by atoms with van der Waals surface area (Å²) in [6.45, 7) is 5.79. The summed E-state index contributed by atoms with van der Waals surface area (Å²) in [4.78, 5) is 14.4. The second kappa shape index (κ2) is 7.69. The maximum absolute atomic E-state index is 12.4. The van der Waals surface area contributed by atoms with Gasteiger partial charge in [-0.3, -0.25) is 4.79 Å². The lowest BCUT2D eigenvalue weighted by Crippen LogP contribution is -2.43. The molecular formula is C17H25ClN2O. The van der Waals surface area contributed by atoms with Crippen molar-refractivity contribution < 1.29 is 4.79 Å². The Kier molecular flexibility index (Phi) is 5.92. The highest BCUT2D eigenvalue weighted by Crippen LogP contribution is 2.22. The fourth-order valence-corrected chi connectivity index (χ4v) is 3.16. The molecule has 1 aliphatic heterocycles. The van der Waals surface area contributed by atoms with Gasteiger partial charge in [-0.1, -0.05) is 24.6 Å². The van der Waals surface area contributed by atoms with Crippen molar-refractivity contribution in [3.05, 3.63) is 28.8 Å². The number of carbonyl (C=O) groups excluding carboxylic acids is 1. The van der Waals surface area contributed by atoms with E-state index in [1.54, 1.807) is 0 Å². The van der Waals surface area contributed by atoms with Gasteiger partial charge in [0.05, 0.1) is 0 Å². The molecule has 1 N–H and O–H groups in total. The molecule has 0 bridgehead atoms. The highest BCUT2D eigenvalue weighted by Gasteiger charge is 2.24. The highest BCUT2D eigenvalue weighted by atomic mass is 35.5. The van der Waals surface area contributed by atoms with Crippen molar-refractivity contribution in [3.63, 3.8) is 0 Å². The normalized spacial score (nSPS) is 18.6. The molecule has 116 valence electrons. The maximum Gasteiger partial charge on any atom is 0.224 e. The summed E-state index contributed by atoms with van der Waals surface area (Å²) in [5, 5.41) is 4.04. The van der Waals surface area contributed by atoms with Crippen molar-refractivity contribution in [2.24, 2.45) is 0 Å². The van der Waals surface area contributed by atoms with E-state index in [1.807, 2.05) is 25.1 Å². The predicted molar refractivity (Wildman–Crippen MR) is 88.9 cm³/mol. The summed E-state index contributed by atoms with van der Waals surface area (Å²) in [5.41, 5.74) is 2.16. The van der Waals surface area contributed by atoms with Gasteiger partial charge in [0.2, 0.25) is 5.91 Å². The Morgan fingerprint density at radius 1 is 1.43 bits per heavy atom. The van der Waals surface area contributed by atoms with Gasteiger partial charge in [-0.2, -0.15) is 0 Å². The van der Waals surface area contributed by atoms with Gasteiger partial charge in [-0.15, -0.1) is 0 Å². The molecule has 1 unspecified atom stereocenters. The second-order valence-corrected chi connectivity index (χ2v) is 6.22. The number of nitrogens with zero attached hydrogens (tertiary/aromatic N) is 1. The molecule has 1 fully saturated rings. The molecule has 0 aromatic heterocycles. The Bertz CT molecular complexity index is 490. The first-order valence-corrected chi connectivity index (χ1v) is 8.29. The smallest absolute Gasteiger partial charge is 0.224 e. The zero-order valence-electron chi connectivity index (χ0n) is 13.0. The van der Waals surface area contributed by atoms with Crippen molar-refractivity contribution in [2.45, 2.75) is 52.0 Å². The molecule has 21 heavy (non-hydrogen) atoms. The van der Waals surface area contributed by atoms with Crippen LogP contribution >= 0.6 is 11.6 Å². The van der Waals surface area contributed by atoms with Gasteiger partial charge < -0.3 is 10.2 Å². The van der Waals surface area contributed by atoms with E-state index in [0.29, 0.717) is 19.0 Å². The third kappa shape index (κ3) is 4.37. The van der Waals surface area contributed by atoms with Crippen LogP contribution in [-0.2, 0) is 4.79 Å². The van der Waals surface area contributed by atoms with Gasteiger partial charge in [0.15, 0.2) is 0 Å². The lowest BCUT2D eigenvalue weighted by Gasteiger charge is -2.35. The van der Waals surface area contributed by atoms with Crippen LogP contribution in [0.1, 0.15) is 44.6 Å². The average Bonchev–Trinajstić information content (AvgIpc) is 2.50. The Morgan fingerprint density at radius 2 is 2.24 bits per heavy atom. The molecule has 1 atom stereocenters. The lowest BCUT2D eigenvalue weighted by atomic mass is 9.99. The number of hydrogen-bond donors (Lipinski definition) is 1. The van der Waals surface area contributed by atoms with E-state index in [4.69, 9.17) is 11.6 Å². The Labute approximate surface area is 132 Å². The van der Waals surface area contributed by atoms with Crippen LogP contribution < -0.4 is 5.32 Å². The molecule has 4 heteroatoms. The van der Waals surface area contributed by atoms with E-state index in [1.165, 1.54) is 6.42 Å². The molecule has 0 radical (unpaired) electrons. The van der Waals surface area contributed by atoms with Crippen molar-refractivity contribution in [1.29, 1.82) is 0 Å². The first-order chi connectivity index (χ1) is 10.1. The molecule has 1 aromatic carbocycles. The first-order valence-electron chi connectivity index (χ1n) is 7.91. The third-order valence-electron chi connectivity index (χ3n) is 4.27. The van der Waals surface area contributed by atoms with E-state index in [0.717, 1.165) is 42.1 Å². The number of likely N-dealkylation sites (tertiary alicyclic amines) is 1. The topological polar surface area (TPSA) is 32.3 Å². The van der Waals surface area contributed by atoms with Crippen molar-refractivity contribution >= 4 is 23.2 Å². The van der Waals surface area contributed by atoms with Gasteiger partial charge >= 0.3 is 0 Å². The van der Waals surface area contributed by atoms with E-state index in [-0.39, 0.29) is 5.91 Å². The average molecular weight is 309 g/mol. The van der Waals surface area contributed by atoms with Crippen LogP contribution in [-0.4, -0.2) is 29.9 Å². The first kappa shape index (κ1) is 16.2. The van der Waals surface area contributed by atoms with E-state index >= 15 is 0 Å². The molecule has 1 aliphatic rings. The lowest BCUT2D eigenvalue weighted by molar-refractivity contribution is -0.134. The minimum atomic E-state index is 0.272. The minimum absolute atomic E-state index is 0.272. The Hall–Kier alpha value is -1.22. The summed E-state index contributed by atoms with van der Waals surface area (Å²) in [7, 11) is 0. The van der Waals surface area contributed by atoms with Crippen LogP contribution in [0.15, 0.2) is 18.2 Å². The molecule has 1 heterocycles. The van der Waals surface area contributed by atoms with Crippen LogP contribution in [0, 0.1) is 6.92 Å². The van der Waals surface area contributed by atoms with Crippen molar-refractivity contribution in [1.82, 2.24) is 4.90 Å². The number of carbonyl (C=O) groups is 1. The quantitative estimate of drug-likeness (QED) is 0.882. The monoisotopic (exact) mass is 308 g/mol. The van der Waals surface area contributed by atoms with Crippen molar-refractivity contribution in [2.75, 3.05) is 18.4 Å². The van der Waals surface area contributed by atoms with E-state index in [2.05, 4.69) is 17.1 Å². The summed E-state index contributed by atoms with van der Waals surface area (Å²) in [6, 6.07) is 6.23. The standard InChI is InChI=1S/C17H25ClN2O/c1-3-15-6-4-5-11-20(15)17(21)9-10-19-16-12-14(18)8-7-13(16)2/h7-8,12,15,19H,3-6,9-11H2,1-2H3. The van der Waals surface area contributed by atoms with Crippen molar-refractivity contribution in [3.8, 4) is 0 Å². The number of nitrogens with one attached hydrogen (secondary N) is 1. The summed E-state index contributed by atoms with van der Waals surface area (Å²) >= 11 is 6.00. The number of hydrogen-bond acceptors (Lipinski definition) is 2. The van der Waals surface area contributed by atoms with Gasteiger partial charge in [0, 0.05) is 36.3 Å². The van der Waals surface area contributed by atoms with E-state index in [9.17, 15) is 4.79 Å². The molecule has 1 aromatic rings. The molecule has 3 nitrogen and oxygen atoms in total. The van der Waals surface area contributed by atoms with Gasteiger partial charge in [0.1, 0.15) is 0 Å². The largest absolute Gasteiger partial charge is 0.384 e. The number of rotatable bonds is 5. The number of piperidine rings is 1. The zero-order valence-corrected chi connectivity index (χ0v) is 13.7. The van der Waals surface area contributed by atoms with Gasteiger partial charge in [-0.25, -0.2) is 0 Å². The van der Waals surface area contributed by atoms with Crippen LogP contribution in [0.2, 0.25) is 5.02 Å². The van der Waals surface area contributed by atoms with E-state index < -0.39 is 0 Å². The Morgan fingerprint density at radius 3 is 3.00 bits per heavy atom. The third-order valence-corrected chi connectivity index (χ3v) is 4.51. The number of halogens is 1. The Balaban J connectivity index is 1.85. The molecular weight excluding hydrogens is 284 g/mol. The number of anilines is 1. The number of aryl methyl sites for hydroxylation is 1. The molecule has 0 saturated carbocycles. The SMILES string of the molecule is CCC1CCCCN1C(=O)CCNc1cc(Cl)ccc1C. The second-order valence-electron chi connectivity index (χ2n) is 5.78. The maximum atomic E-state index is 12.4. The molecule has 1 saturated heterocycles.